The molecule has 25 heavy (non-hydrogen) atoms. The van der Waals surface area contributed by atoms with Gasteiger partial charge in [0.15, 0.2) is 23.4 Å². The van der Waals surface area contributed by atoms with E-state index in [0.29, 0.717) is 6.26 Å². The highest BCUT2D eigenvalue weighted by Crippen LogP contribution is 2.27. The summed E-state index contributed by atoms with van der Waals surface area (Å²) in [6.45, 7) is 8.98. The third-order valence-electron chi connectivity index (χ3n) is 2.67. The number of aryl methyl sites for hydroxylation is 5. The van der Waals surface area contributed by atoms with Crippen molar-refractivity contribution in [2.75, 3.05) is 0 Å². The molecule has 0 bridgehead atoms. The average molecular weight is 359 g/mol. The first-order chi connectivity index (χ1) is 11.6. The first kappa shape index (κ1) is 20.5. The lowest BCUT2D eigenvalue weighted by Gasteiger charge is -1.97. The van der Waals surface area contributed by atoms with Crippen LogP contribution in [0.1, 0.15) is 41.7 Å². The molecule has 0 N–H and O–H groups in total. The normalized spacial score (nSPS) is 10.6. The van der Waals surface area contributed by atoms with Gasteiger partial charge in [0.05, 0.1) is 11.4 Å². The molecular formula is C16H20F3N3O3. The van der Waals surface area contributed by atoms with E-state index in [1.165, 1.54) is 6.92 Å². The van der Waals surface area contributed by atoms with Crippen LogP contribution in [-0.2, 0) is 12.6 Å². The summed E-state index contributed by atoms with van der Waals surface area (Å²) in [6.07, 6.45) is 0.481. The van der Waals surface area contributed by atoms with Crippen LogP contribution in [0.5, 0.6) is 0 Å². The summed E-state index contributed by atoms with van der Waals surface area (Å²) in [5, 5.41) is 0. The minimum absolute atomic E-state index is 0.0207. The molecule has 0 fully saturated rings. The molecule has 0 unspecified atom stereocenters. The Bertz CT molecular complexity index is 743. The molecule has 6 nitrogen and oxygen atoms in total. The van der Waals surface area contributed by atoms with Gasteiger partial charge in [-0.2, -0.15) is 13.2 Å². The molecule has 0 saturated heterocycles. The number of hydrogen-bond donors (Lipinski definition) is 0. The lowest BCUT2D eigenvalue weighted by molar-refractivity contribution is -0.141. The highest BCUT2D eigenvalue weighted by molar-refractivity contribution is 4.99. The molecule has 9 heteroatoms. The first-order valence-corrected chi connectivity index (χ1v) is 7.40. The predicted octanol–water partition coefficient (Wildman–Crippen LogP) is 4.84. The second-order valence-electron chi connectivity index (χ2n) is 4.97. The van der Waals surface area contributed by atoms with Gasteiger partial charge in [0.25, 0.3) is 0 Å². The van der Waals surface area contributed by atoms with Gasteiger partial charge in [-0.25, -0.2) is 15.0 Å². The first-order valence-electron chi connectivity index (χ1n) is 7.40. The summed E-state index contributed by atoms with van der Waals surface area (Å²) >= 11 is 0. The van der Waals surface area contributed by atoms with Gasteiger partial charge in [0.2, 0.25) is 0 Å². The molecule has 0 aliphatic rings. The highest BCUT2D eigenvalue weighted by Gasteiger charge is 2.34. The van der Waals surface area contributed by atoms with Crippen LogP contribution in [0, 0.1) is 27.7 Å². The van der Waals surface area contributed by atoms with Crippen molar-refractivity contribution in [3.8, 4) is 0 Å². The van der Waals surface area contributed by atoms with Crippen LogP contribution in [0.15, 0.2) is 32.0 Å². The van der Waals surface area contributed by atoms with E-state index in [1.807, 2.05) is 20.8 Å². The topological polar surface area (TPSA) is 78.1 Å². The monoisotopic (exact) mass is 359 g/mol. The largest absolute Gasteiger partial charge is 0.449 e. The van der Waals surface area contributed by atoms with Crippen molar-refractivity contribution in [2.24, 2.45) is 0 Å². The fourth-order valence-electron chi connectivity index (χ4n) is 1.54. The van der Waals surface area contributed by atoms with E-state index in [1.54, 1.807) is 12.5 Å². The van der Waals surface area contributed by atoms with Crippen LogP contribution in [-0.4, -0.2) is 15.0 Å². The van der Waals surface area contributed by atoms with Crippen LogP contribution < -0.4 is 0 Å². The lowest BCUT2D eigenvalue weighted by atomic mass is 10.4. The molecule has 3 rings (SSSR count). The zero-order valence-corrected chi connectivity index (χ0v) is 14.6. The van der Waals surface area contributed by atoms with Gasteiger partial charge in [-0.15, -0.1) is 0 Å². The third kappa shape index (κ3) is 7.69. The Hall–Kier alpha value is -2.58. The Morgan fingerprint density at radius 1 is 0.800 bits per heavy atom. The second-order valence-corrected chi connectivity index (χ2v) is 4.97. The van der Waals surface area contributed by atoms with Crippen molar-refractivity contribution in [1.82, 2.24) is 15.0 Å². The predicted molar refractivity (Wildman–Crippen MR) is 82.8 cm³/mol. The van der Waals surface area contributed by atoms with Crippen molar-refractivity contribution >= 4 is 0 Å². The number of rotatable bonds is 1. The van der Waals surface area contributed by atoms with Gasteiger partial charge < -0.3 is 13.3 Å². The number of alkyl halides is 3. The Morgan fingerprint density at radius 2 is 1.32 bits per heavy atom. The van der Waals surface area contributed by atoms with E-state index in [9.17, 15) is 13.2 Å². The summed E-state index contributed by atoms with van der Waals surface area (Å²) in [4.78, 5) is 11.1. The van der Waals surface area contributed by atoms with Gasteiger partial charge in [0.1, 0.15) is 18.8 Å². The Balaban J connectivity index is 0.000000191. The zero-order valence-electron chi connectivity index (χ0n) is 14.6. The van der Waals surface area contributed by atoms with Gasteiger partial charge in [-0.05, 0) is 13.3 Å². The fourth-order valence-corrected chi connectivity index (χ4v) is 1.54. The van der Waals surface area contributed by atoms with E-state index >= 15 is 0 Å². The Morgan fingerprint density at radius 3 is 1.52 bits per heavy atom. The van der Waals surface area contributed by atoms with Crippen LogP contribution >= 0.6 is 0 Å². The maximum Gasteiger partial charge on any atom is 0.436 e. The lowest BCUT2D eigenvalue weighted by Crippen LogP contribution is -2.04. The number of aromatic nitrogens is 3. The zero-order chi connectivity index (χ0) is 19.0. The maximum atomic E-state index is 11.7. The Kier molecular flexibility index (Phi) is 7.41. The van der Waals surface area contributed by atoms with Gasteiger partial charge >= 0.3 is 6.18 Å². The number of nitrogens with zero attached hydrogens (tertiary/aromatic N) is 3. The summed E-state index contributed by atoms with van der Waals surface area (Å²) < 4.78 is 49.2. The molecule has 0 aliphatic carbocycles. The molecule has 0 aromatic carbocycles. The molecule has 3 heterocycles. The van der Waals surface area contributed by atoms with Gasteiger partial charge in [0, 0.05) is 20.8 Å². The summed E-state index contributed by atoms with van der Waals surface area (Å²) in [5.41, 5.74) is 0.991. The van der Waals surface area contributed by atoms with Gasteiger partial charge in [-0.1, -0.05) is 6.92 Å². The SMILES string of the molecule is CCc1coc(C)n1.Cc1coc(C)n1.Cc1nc(C(F)(F)F)co1. The van der Waals surface area contributed by atoms with Crippen molar-refractivity contribution < 1.29 is 26.4 Å². The molecule has 138 valence electrons. The quantitative estimate of drug-likeness (QED) is 0.619. The summed E-state index contributed by atoms with van der Waals surface area (Å²) in [7, 11) is 0. The fraction of sp³-hybridized carbons (Fsp3) is 0.438. The van der Waals surface area contributed by atoms with Crippen LogP contribution in [0.25, 0.3) is 0 Å². The van der Waals surface area contributed by atoms with Crippen LogP contribution in [0.4, 0.5) is 13.2 Å². The molecule has 0 atom stereocenters. The smallest absolute Gasteiger partial charge is 0.436 e. The number of halogens is 3. The number of hydrogen-bond acceptors (Lipinski definition) is 6. The standard InChI is InChI=1S/C6H9NO.C5H4F3NO.C5H7NO/c1-3-6-4-8-5(2)7-6;1-3-9-4(2-10-3)5(6,7)8;1-4-3-7-5(2)6-4/h4H,3H2,1-2H3;2H,1H3;3H,1-2H3. The van der Waals surface area contributed by atoms with E-state index in [4.69, 9.17) is 8.83 Å². The van der Waals surface area contributed by atoms with Crippen LogP contribution in [0.3, 0.4) is 0 Å². The molecule has 0 amide bonds. The van der Waals surface area contributed by atoms with Crippen molar-refractivity contribution in [3.05, 3.63) is 53.5 Å². The molecular weight excluding hydrogens is 339 g/mol. The number of oxazole rings is 3. The molecule has 3 aromatic rings. The molecule has 0 radical (unpaired) electrons. The van der Waals surface area contributed by atoms with Gasteiger partial charge in [-0.3, -0.25) is 0 Å². The van der Waals surface area contributed by atoms with Crippen molar-refractivity contribution in [3.63, 3.8) is 0 Å². The van der Waals surface area contributed by atoms with Crippen LogP contribution in [0.2, 0.25) is 0 Å². The molecule has 0 aliphatic heterocycles. The maximum absolute atomic E-state index is 11.7. The Labute approximate surface area is 143 Å². The minimum Gasteiger partial charge on any atom is -0.449 e. The van der Waals surface area contributed by atoms with E-state index in [2.05, 4.69) is 26.3 Å². The second kappa shape index (κ2) is 9.05. The van der Waals surface area contributed by atoms with Crippen molar-refractivity contribution in [1.29, 1.82) is 0 Å². The molecule has 0 saturated carbocycles. The third-order valence-corrected chi connectivity index (χ3v) is 2.67. The minimum atomic E-state index is -4.39. The highest BCUT2D eigenvalue weighted by atomic mass is 19.4. The van der Waals surface area contributed by atoms with E-state index in [0.717, 1.165) is 29.6 Å². The molecule has 0 spiro atoms. The molecule has 3 aromatic heterocycles. The van der Waals surface area contributed by atoms with E-state index < -0.39 is 11.9 Å². The average Bonchev–Trinajstić information content (AvgIpc) is 3.22. The summed E-state index contributed by atoms with van der Waals surface area (Å²) in [6, 6.07) is 0. The van der Waals surface area contributed by atoms with Crippen molar-refractivity contribution in [2.45, 2.75) is 47.2 Å². The van der Waals surface area contributed by atoms with E-state index in [-0.39, 0.29) is 5.89 Å². The summed E-state index contributed by atoms with van der Waals surface area (Å²) in [5.74, 6) is 1.51.